The molecule has 2 aromatic heterocycles. The number of rotatable bonds is 2. The van der Waals surface area contributed by atoms with Crippen LogP contribution in [-0.2, 0) is 9.84 Å². The molecule has 0 N–H and O–H groups in total. The van der Waals surface area contributed by atoms with Crippen LogP contribution in [-0.4, -0.2) is 34.7 Å². The molecule has 6 nitrogen and oxygen atoms in total. The molecular weight excluding hydrogens is 252 g/mol. The van der Waals surface area contributed by atoms with Crippen LogP contribution >= 0.6 is 0 Å². The van der Waals surface area contributed by atoms with Gasteiger partial charge < -0.3 is 0 Å². The van der Waals surface area contributed by atoms with Crippen molar-refractivity contribution in [3.63, 3.8) is 0 Å². The Hall–Kier alpha value is -1.50. The lowest BCUT2D eigenvalue weighted by Gasteiger charge is -2.09. The molecule has 1 fully saturated rings. The molecule has 18 heavy (non-hydrogen) atoms. The molecule has 2 aromatic rings. The second-order valence-electron chi connectivity index (χ2n) is 4.75. The monoisotopic (exact) mass is 266 g/mol. The summed E-state index contributed by atoms with van der Waals surface area (Å²) in [6, 6.07) is 0.326. The molecule has 0 bridgehead atoms. The van der Waals surface area contributed by atoms with Gasteiger partial charge in [0.05, 0.1) is 28.7 Å². The first-order chi connectivity index (χ1) is 8.57. The maximum absolute atomic E-state index is 11.7. The van der Waals surface area contributed by atoms with E-state index in [4.69, 9.17) is 0 Å². The molecule has 96 valence electrons. The number of fused-ring (bicyclic) bond motifs is 1. The molecule has 1 aliphatic carbocycles. The van der Waals surface area contributed by atoms with Crippen LogP contribution in [0.1, 0.15) is 31.7 Å². The van der Waals surface area contributed by atoms with Gasteiger partial charge in [0.2, 0.25) is 0 Å². The smallest absolute Gasteiger partial charge is 0.181 e. The van der Waals surface area contributed by atoms with Crippen molar-refractivity contribution in [3.05, 3.63) is 12.4 Å². The van der Waals surface area contributed by atoms with Crippen LogP contribution in [0.25, 0.3) is 11.0 Å². The van der Waals surface area contributed by atoms with Gasteiger partial charge >= 0.3 is 0 Å². The zero-order chi connectivity index (χ0) is 12.8. The summed E-state index contributed by atoms with van der Waals surface area (Å²) < 4.78 is 25.2. The third kappa shape index (κ3) is 1.78. The number of sulfone groups is 1. The zero-order valence-electron chi connectivity index (χ0n) is 10.1. The van der Waals surface area contributed by atoms with Gasteiger partial charge in [0.15, 0.2) is 15.5 Å². The van der Waals surface area contributed by atoms with E-state index in [1.54, 1.807) is 6.20 Å². The van der Waals surface area contributed by atoms with E-state index in [1.807, 2.05) is 4.68 Å². The van der Waals surface area contributed by atoms with E-state index >= 15 is 0 Å². The fourth-order valence-electron chi connectivity index (χ4n) is 2.55. The van der Waals surface area contributed by atoms with E-state index < -0.39 is 9.84 Å². The summed E-state index contributed by atoms with van der Waals surface area (Å²) >= 11 is 0. The van der Waals surface area contributed by atoms with E-state index in [2.05, 4.69) is 15.3 Å². The van der Waals surface area contributed by atoms with Gasteiger partial charge in [-0.3, -0.25) is 0 Å². The number of aromatic nitrogens is 4. The van der Waals surface area contributed by atoms with Crippen molar-refractivity contribution in [3.8, 4) is 0 Å². The van der Waals surface area contributed by atoms with Gasteiger partial charge in [-0.2, -0.15) is 10.2 Å². The minimum atomic E-state index is -3.30. The molecule has 1 saturated carbocycles. The average molecular weight is 266 g/mol. The number of hydrogen-bond acceptors (Lipinski definition) is 5. The van der Waals surface area contributed by atoms with Crippen LogP contribution in [0.5, 0.6) is 0 Å². The van der Waals surface area contributed by atoms with Crippen LogP contribution < -0.4 is 0 Å². The fraction of sp³-hybridized carbons (Fsp3) is 0.545. The molecule has 0 aliphatic heterocycles. The van der Waals surface area contributed by atoms with E-state index in [-0.39, 0.29) is 4.90 Å². The Labute approximate surface area is 105 Å². The molecular formula is C11H14N4O2S. The summed E-state index contributed by atoms with van der Waals surface area (Å²) in [7, 11) is -3.30. The third-order valence-electron chi connectivity index (χ3n) is 3.43. The molecule has 1 aliphatic rings. The third-order valence-corrected chi connectivity index (χ3v) is 4.56. The predicted octanol–water partition coefficient (Wildman–Crippen LogP) is 1.34. The highest BCUT2D eigenvalue weighted by molar-refractivity contribution is 7.91. The fourth-order valence-corrected chi connectivity index (χ4v) is 3.33. The lowest BCUT2D eigenvalue weighted by molar-refractivity contribution is 0.477. The number of hydrogen-bond donors (Lipinski definition) is 0. The Morgan fingerprint density at radius 1 is 1.28 bits per heavy atom. The summed E-state index contributed by atoms with van der Waals surface area (Å²) in [5.74, 6) is 0. The van der Waals surface area contributed by atoms with Crippen LogP contribution in [0, 0.1) is 0 Å². The van der Waals surface area contributed by atoms with Gasteiger partial charge in [-0.25, -0.2) is 13.1 Å². The SMILES string of the molecule is CS(=O)(=O)c1cnnc2c1cnn2C1CCCC1. The maximum atomic E-state index is 11.7. The first-order valence-corrected chi connectivity index (χ1v) is 7.85. The Kier molecular flexibility index (Phi) is 2.58. The van der Waals surface area contributed by atoms with Crippen molar-refractivity contribution in [1.82, 2.24) is 20.0 Å². The Bertz CT molecular complexity index is 686. The highest BCUT2D eigenvalue weighted by Gasteiger charge is 2.23. The Balaban J connectivity index is 2.21. The van der Waals surface area contributed by atoms with Crippen molar-refractivity contribution in [2.75, 3.05) is 6.26 Å². The summed E-state index contributed by atoms with van der Waals surface area (Å²) in [6.07, 6.45) is 8.56. The highest BCUT2D eigenvalue weighted by atomic mass is 32.2. The van der Waals surface area contributed by atoms with E-state index in [0.717, 1.165) is 12.8 Å². The molecule has 0 aromatic carbocycles. The van der Waals surface area contributed by atoms with Crippen molar-refractivity contribution >= 4 is 20.9 Å². The van der Waals surface area contributed by atoms with Crippen molar-refractivity contribution in [1.29, 1.82) is 0 Å². The lowest BCUT2D eigenvalue weighted by Crippen LogP contribution is -2.08. The maximum Gasteiger partial charge on any atom is 0.181 e. The second-order valence-corrected chi connectivity index (χ2v) is 6.73. The molecule has 0 atom stereocenters. The summed E-state index contributed by atoms with van der Waals surface area (Å²) in [4.78, 5) is 0.205. The standard InChI is InChI=1S/C11H14N4O2S/c1-18(16,17)10-7-12-14-11-9(10)6-13-15(11)8-4-2-3-5-8/h6-8H,2-5H2,1H3. The molecule has 0 spiro atoms. The quantitative estimate of drug-likeness (QED) is 0.819. The largest absolute Gasteiger partial charge is 0.243 e. The molecule has 7 heteroatoms. The first-order valence-electron chi connectivity index (χ1n) is 5.96. The van der Waals surface area contributed by atoms with Crippen LogP contribution in [0.2, 0.25) is 0 Å². The lowest BCUT2D eigenvalue weighted by atomic mass is 10.2. The molecule has 0 radical (unpaired) electrons. The van der Waals surface area contributed by atoms with Gasteiger partial charge in [-0.1, -0.05) is 12.8 Å². The molecule has 0 saturated heterocycles. The Morgan fingerprint density at radius 2 is 2.00 bits per heavy atom. The van der Waals surface area contributed by atoms with Gasteiger partial charge in [0.1, 0.15) is 0 Å². The first kappa shape index (κ1) is 11.6. The van der Waals surface area contributed by atoms with Crippen molar-refractivity contribution < 1.29 is 8.42 Å². The van der Waals surface area contributed by atoms with Crippen molar-refractivity contribution in [2.24, 2.45) is 0 Å². The summed E-state index contributed by atoms with van der Waals surface area (Å²) in [5, 5.41) is 12.7. The average Bonchev–Trinajstić information content (AvgIpc) is 2.95. The summed E-state index contributed by atoms with van der Waals surface area (Å²) in [6.45, 7) is 0. The molecule has 0 unspecified atom stereocenters. The Morgan fingerprint density at radius 3 is 2.67 bits per heavy atom. The van der Waals surface area contributed by atoms with Crippen LogP contribution in [0.3, 0.4) is 0 Å². The van der Waals surface area contributed by atoms with Crippen LogP contribution in [0.15, 0.2) is 17.3 Å². The molecule has 2 heterocycles. The zero-order valence-corrected chi connectivity index (χ0v) is 10.9. The minimum absolute atomic E-state index is 0.205. The topological polar surface area (TPSA) is 77.7 Å². The van der Waals surface area contributed by atoms with Gasteiger partial charge in [-0.05, 0) is 12.8 Å². The highest BCUT2D eigenvalue weighted by Crippen LogP contribution is 2.31. The van der Waals surface area contributed by atoms with E-state index in [0.29, 0.717) is 17.1 Å². The number of nitrogens with zero attached hydrogens (tertiary/aromatic N) is 4. The minimum Gasteiger partial charge on any atom is -0.243 e. The van der Waals surface area contributed by atoms with Gasteiger partial charge in [0, 0.05) is 6.26 Å². The van der Waals surface area contributed by atoms with Crippen LogP contribution in [0.4, 0.5) is 0 Å². The van der Waals surface area contributed by atoms with E-state index in [9.17, 15) is 8.42 Å². The normalized spacial score (nSPS) is 17.6. The van der Waals surface area contributed by atoms with Gasteiger partial charge in [0.25, 0.3) is 0 Å². The van der Waals surface area contributed by atoms with E-state index in [1.165, 1.54) is 25.3 Å². The molecule has 0 amide bonds. The predicted molar refractivity (Wildman–Crippen MR) is 65.9 cm³/mol. The second kappa shape index (κ2) is 4.01. The van der Waals surface area contributed by atoms with Gasteiger partial charge in [-0.15, -0.1) is 5.10 Å². The summed E-state index contributed by atoms with van der Waals surface area (Å²) in [5.41, 5.74) is 0.574. The molecule has 3 rings (SSSR count). The van der Waals surface area contributed by atoms with Crippen molar-refractivity contribution in [2.45, 2.75) is 36.6 Å².